The third kappa shape index (κ3) is 3.17. The molecule has 5 nitrogen and oxygen atoms in total. The van der Waals surface area contributed by atoms with Crippen molar-refractivity contribution in [3.63, 3.8) is 0 Å². The number of nitrogens with zero attached hydrogens (tertiary/aromatic N) is 2. The number of aryl methyl sites for hydroxylation is 1. The molecule has 0 radical (unpaired) electrons. The number of hydrogen-bond acceptors (Lipinski definition) is 2. The maximum atomic E-state index is 12.2. The van der Waals surface area contributed by atoms with Gasteiger partial charge in [0.05, 0.1) is 6.04 Å². The summed E-state index contributed by atoms with van der Waals surface area (Å²) in [6.45, 7) is 6.87. The summed E-state index contributed by atoms with van der Waals surface area (Å²) < 4.78 is 2.98. The number of hydrogen-bond donors (Lipinski definition) is 1. The number of fused-ring (bicyclic) bond motifs is 1. The lowest BCUT2D eigenvalue weighted by atomic mass is 10.1. The molecular weight excluding hydrogens is 358 g/mol. The molecule has 1 saturated heterocycles. The first-order valence-corrected chi connectivity index (χ1v) is 8.23. The fourth-order valence-electron chi connectivity index (χ4n) is 2.89. The van der Waals surface area contributed by atoms with Gasteiger partial charge in [0.2, 0.25) is 11.8 Å². The molecular formula is C17H18BrN3O2. The van der Waals surface area contributed by atoms with Gasteiger partial charge >= 0.3 is 0 Å². The fraction of sp³-hybridized carbons (Fsp3) is 0.294. The van der Waals surface area contributed by atoms with E-state index in [1.807, 2.05) is 29.8 Å². The first-order valence-electron chi connectivity index (χ1n) is 7.43. The topological polar surface area (TPSA) is 54.3 Å². The lowest BCUT2D eigenvalue weighted by Crippen LogP contribution is -2.61. The summed E-state index contributed by atoms with van der Waals surface area (Å²) in [7, 11) is 0. The molecule has 2 aromatic rings. The fourth-order valence-corrected chi connectivity index (χ4v) is 3.25. The Balaban J connectivity index is 1.63. The molecule has 2 amide bonds. The summed E-state index contributed by atoms with van der Waals surface area (Å²) in [5.41, 5.74) is 2.18. The Hall–Kier alpha value is -2.08. The van der Waals surface area contributed by atoms with Gasteiger partial charge in [-0.3, -0.25) is 9.59 Å². The van der Waals surface area contributed by atoms with E-state index in [2.05, 4.69) is 33.9 Å². The minimum atomic E-state index is -0.0897. The van der Waals surface area contributed by atoms with Gasteiger partial charge < -0.3 is 14.8 Å². The van der Waals surface area contributed by atoms with Crippen molar-refractivity contribution in [1.29, 1.82) is 0 Å². The van der Waals surface area contributed by atoms with E-state index in [-0.39, 0.29) is 24.4 Å². The van der Waals surface area contributed by atoms with Crippen molar-refractivity contribution in [2.75, 3.05) is 13.1 Å². The van der Waals surface area contributed by atoms with Crippen LogP contribution in [0.15, 0.2) is 41.5 Å². The van der Waals surface area contributed by atoms with Gasteiger partial charge in [-0.15, -0.1) is 0 Å². The number of rotatable bonds is 4. The van der Waals surface area contributed by atoms with Crippen LogP contribution in [-0.4, -0.2) is 40.4 Å². The molecule has 2 heterocycles. The molecule has 0 spiro atoms. The largest absolute Gasteiger partial charge is 0.348 e. The van der Waals surface area contributed by atoms with E-state index in [0.29, 0.717) is 13.1 Å². The van der Waals surface area contributed by atoms with Crippen molar-refractivity contribution in [3.05, 3.63) is 47.1 Å². The maximum absolute atomic E-state index is 12.2. The van der Waals surface area contributed by atoms with E-state index in [9.17, 15) is 9.59 Å². The van der Waals surface area contributed by atoms with Gasteiger partial charge in [0.1, 0.15) is 6.54 Å². The Kier molecular flexibility index (Phi) is 4.26. The average Bonchev–Trinajstić information content (AvgIpc) is 2.77. The Morgan fingerprint density at radius 3 is 2.87 bits per heavy atom. The highest BCUT2D eigenvalue weighted by atomic mass is 79.9. The molecule has 1 aromatic heterocycles. The lowest BCUT2D eigenvalue weighted by Gasteiger charge is -2.38. The summed E-state index contributed by atoms with van der Waals surface area (Å²) >= 11 is 3.47. The van der Waals surface area contributed by atoms with Crippen LogP contribution in [0.25, 0.3) is 10.9 Å². The summed E-state index contributed by atoms with van der Waals surface area (Å²) in [6.07, 6.45) is 3.29. The highest BCUT2D eigenvalue weighted by molar-refractivity contribution is 9.10. The van der Waals surface area contributed by atoms with Crippen LogP contribution in [0.3, 0.4) is 0 Å². The van der Waals surface area contributed by atoms with Gasteiger partial charge in [-0.1, -0.05) is 22.5 Å². The predicted octanol–water partition coefficient (Wildman–Crippen LogP) is 2.23. The summed E-state index contributed by atoms with van der Waals surface area (Å²) in [5, 5.41) is 4.10. The van der Waals surface area contributed by atoms with Crippen molar-refractivity contribution >= 4 is 38.6 Å². The Bertz CT molecular complexity index is 790. The van der Waals surface area contributed by atoms with Crippen molar-refractivity contribution in [2.24, 2.45) is 0 Å². The van der Waals surface area contributed by atoms with E-state index in [1.54, 1.807) is 4.90 Å². The number of amides is 2. The molecule has 120 valence electrons. The molecule has 0 bridgehead atoms. The number of aromatic nitrogens is 1. The molecule has 3 rings (SSSR count). The second-order valence-electron chi connectivity index (χ2n) is 5.81. The van der Waals surface area contributed by atoms with E-state index in [4.69, 9.17) is 0 Å². The minimum Gasteiger partial charge on any atom is -0.348 e. The minimum absolute atomic E-state index is 0.0310. The lowest BCUT2D eigenvalue weighted by molar-refractivity contribution is -0.133. The Morgan fingerprint density at radius 1 is 1.43 bits per heavy atom. The molecule has 0 aliphatic carbocycles. The van der Waals surface area contributed by atoms with Crippen LogP contribution in [0.1, 0.15) is 5.56 Å². The van der Waals surface area contributed by atoms with E-state index in [1.165, 1.54) is 6.08 Å². The second-order valence-corrected chi connectivity index (χ2v) is 6.73. The van der Waals surface area contributed by atoms with Crippen molar-refractivity contribution in [2.45, 2.75) is 19.5 Å². The van der Waals surface area contributed by atoms with Gasteiger partial charge in [-0.25, -0.2) is 0 Å². The zero-order valence-corrected chi connectivity index (χ0v) is 14.5. The predicted molar refractivity (Wildman–Crippen MR) is 93.1 cm³/mol. The molecule has 0 atom stereocenters. The van der Waals surface area contributed by atoms with Crippen LogP contribution in [0.4, 0.5) is 0 Å². The molecule has 0 saturated carbocycles. The van der Waals surface area contributed by atoms with E-state index in [0.717, 1.165) is 20.9 Å². The standard InChI is InChI=1S/C17H18BrN3O2/c1-3-17(23)21-8-13(9-21)19-16(22)10-20-7-11(2)14-6-12(18)4-5-15(14)20/h3-7,13H,1,8-10H2,2H3,(H,19,22). The molecule has 1 aliphatic rings. The molecule has 1 fully saturated rings. The normalized spacial score (nSPS) is 14.6. The molecule has 6 heteroatoms. The van der Waals surface area contributed by atoms with Crippen molar-refractivity contribution in [1.82, 2.24) is 14.8 Å². The highest BCUT2D eigenvalue weighted by Gasteiger charge is 2.30. The molecule has 1 aromatic carbocycles. The highest BCUT2D eigenvalue weighted by Crippen LogP contribution is 2.24. The number of likely N-dealkylation sites (tertiary alicyclic amines) is 1. The zero-order chi connectivity index (χ0) is 16.6. The third-order valence-electron chi connectivity index (χ3n) is 4.09. The Morgan fingerprint density at radius 2 is 2.17 bits per heavy atom. The monoisotopic (exact) mass is 375 g/mol. The van der Waals surface area contributed by atoms with Gasteiger partial charge in [-0.05, 0) is 36.8 Å². The second kappa shape index (κ2) is 6.20. The van der Waals surface area contributed by atoms with Gasteiger partial charge in [0.25, 0.3) is 0 Å². The summed E-state index contributed by atoms with van der Waals surface area (Å²) in [5.74, 6) is -0.131. The number of nitrogens with one attached hydrogen (secondary N) is 1. The van der Waals surface area contributed by atoms with Crippen LogP contribution in [0, 0.1) is 6.92 Å². The van der Waals surface area contributed by atoms with E-state index < -0.39 is 0 Å². The van der Waals surface area contributed by atoms with E-state index >= 15 is 0 Å². The van der Waals surface area contributed by atoms with Crippen LogP contribution in [0.2, 0.25) is 0 Å². The maximum Gasteiger partial charge on any atom is 0.246 e. The SMILES string of the molecule is C=CC(=O)N1CC(NC(=O)Cn2cc(C)c3cc(Br)ccc32)C1. The van der Waals surface area contributed by atoms with Crippen LogP contribution < -0.4 is 5.32 Å². The third-order valence-corrected chi connectivity index (χ3v) is 4.58. The quantitative estimate of drug-likeness (QED) is 0.833. The molecule has 23 heavy (non-hydrogen) atoms. The first kappa shape index (κ1) is 15.8. The smallest absolute Gasteiger partial charge is 0.246 e. The van der Waals surface area contributed by atoms with Crippen molar-refractivity contribution in [3.8, 4) is 0 Å². The van der Waals surface area contributed by atoms with Gasteiger partial charge in [0.15, 0.2) is 0 Å². The van der Waals surface area contributed by atoms with Crippen LogP contribution in [0.5, 0.6) is 0 Å². The van der Waals surface area contributed by atoms with Gasteiger partial charge in [0, 0.05) is 34.7 Å². The number of carbonyl (C=O) groups is 2. The molecule has 1 N–H and O–H groups in total. The Labute approximate surface area is 143 Å². The zero-order valence-electron chi connectivity index (χ0n) is 12.9. The number of halogens is 1. The molecule has 1 aliphatic heterocycles. The summed E-state index contributed by atoms with van der Waals surface area (Å²) in [6, 6.07) is 6.07. The van der Waals surface area contributed by atoms with Crippen molar-refractivity contribution < 1.29 is 9.59 Å². The summed E-state index contributed by atoms with van der Waals surface area (Å²) in [4.78, 5) is 25.3. The number of carbonyl (C=O) groups excluding carboxylic acids is 2. The molecule has 0 unspecified atom stereocenters. The first-order chi connectivity index (χ1) is 11.0. The average molecular weight is 376 g/mol. The van der Waals surface area contributed by atoms with Gasteiger partial charge in [-0.2, -0.15) is 0 Å². The van der Waals surface area contributed by atoms with Crippen LogP contribution >= 0.6 is 15.9 Å². The number of benzene rings is 1. The van der Waals surface area contributed by atoms with Crippen LogP contribution in [-0.2, 0) is 16.1 Å².